The van der Waals surface area contributed by atoms with Crippen LogP contribution >= 0.6 is 0 Å². The fourth-order valence-corrected chi connectivity index (χ4v) is 4.43. The first-order valence-electron chi connectivity index (χ1n) is 5.94. The van der Waals surface area contributed by atoms with Gasteiger partial charge in [0.1, 0.15) is 5.60 Å². The molecule has 0 fully saturated rings. The number of carbonyl (C=O) groups excluding carboxylic acids is 1. The quantitative estimate of drug-likeness (QED) is 0.824. The molecule has 0 aromatic heterocycles. The number of aryl methyl sites for hydroxylation is 1. The van der Waals surface area contributed by atoms with Gasteiger partial charge in [-0.05, 0) is 25.0 Å². The highest BCUT2D eigenvalue weighted by Gasteiger charge is 2.45. The molecule has 19 heavy (non-hydrogen) atoms. The van der Waals surface area contributed by atoms with Crippen LogP contribution in [-0.2, 0) is 20.2 Å². The van der Waals surface area contributed by atoms with E-state index in [1.165, 1.54) is 13.2 Å². The molecule has 6 heteroatoms. The summed E-state index contributed by atoms with van der Waals surface area (Å²) in [4.78, 5) is 11.6. The molecule has 0 radical (unpaired) electrons. The summed E-state index contributed by atoms with van der Waals surface area (Å²) >= 11 is 0. The average molecular weight is 284 g/mol. The van der Waals surface area contributed by atoms with E-state index < -0.39 is 21.4 Å². The molecule has 1 aromatic carbocycles. The van der Waals surface area contributed by atoms with Crippen LogP contribution in [0.15, 0.2) is 17.0 Å². The third-order valence-electron chi connectivity index (χ3n) is 3.58. The molecule has 0 saturated heterocycles. The van der Waals surface area contributed by atoms with Gasteiger partial charge in [0, 0.05) is 5.56 Å². The van der Waals surface area contributed by atoms with Gasteiger partial charge in [0.2, 0.25) is 0 Å². The highest BCUT2D eigenvalue weighted by molar-refractivity contribution is 7.91. The molecule has 0 bridgehead atoms. The number of methoxy groups -OCH3 is 1. The van der Waals surface area contributed by atoms with Crippen molar-refractivity contribution in [3.63, 3.8) is 0 Å². The van der Waals surface area contributed by atoms with Gasteiger partial charge in [0.25, 0.3) is 0 Å². The van der Waals surface area contributed by atoms with Crippen molar-refractivity contribution in [2.75, 3.05) is 12.9 Å². The second-order valence-corrected chi connectivity index (χ2v) is 6.76. The van der Waals surface area contributed by atoms with E-state index in [4.69, 9.17) is 0 Å². The predicted octanol–water partition coefficient (Wildman–Crippen LogP) is 1.17. The van der Waals surface area contributed by atoms with Crippen molar-refractivity contribution < 1.29 is 23.1 Å². The minimum atomic E-state index is -3.56. The van der Waals surface area contributed by atoms with Crippen molar-refractivity contribution in [1.82, 2.24) is 0 Å². The van der Waals surface area contributed by atoms with Crippen LogP contribution < -0.4 is 0 Å². The maximum absolute atomic E-state index is 12.1. The van der Waals surface area contributed by atoms with Crippen molar-refractivity contribution >= 4 is 15.8 Å². The van der Waals surface area contributed by atoms with Gasteiger partial charge in [-0.3, -0.25) is 0 Å². The Morgan fingerprint density at radius 3 is 2.63 bits per heavy atom. The number of benzene rings is 1. The minimum absolute atomic E-state index is 0.0304. The van der Waals surface area contributed by atoms with Gasteiger partial charge < -0.3 is 9.84 Å². The lowest BCUT2D eigenvalue weighted by Crippen LogP contribution is -2.26. The Morgan fingerprint density at radius 2 is 2.11 bits per heavy atom. The molecular weight excluding hydrogens is 268 g/mol. The van der Waals surface area contributed by atoms with Crippen LogP contribution in [0, 0.1) is 6.92 Å². The number of rotatable bonds is 2. The smallest absolute Gasteiger partial charge is 0.338 e. The van der Waals surface area contributed by atoms with Crippen LogP contribution in [0.2, 0.25) is 0 Å². The standard InChI is InChI=1S/C13H16O5S/c1-4-13(15)7-19(16,17)11-6-9(12(14)18-3)8(2)5-10(11)13/h5-6,15H,4,7H2,1-3H3. The molecule has 1 aliphatic heterocycles. The summed E-state index contributed by atoms with van der Waals surface area (Å²) in [5.41, 5.74) is -0.187. The number of fused-ring (bicyclic) bond motifs is 1. The molecule has 1 aromatic rings. The topological polar surface area (TPSA) is 80.7 Å². The summed E-state index contributed by atoms with van der Waals surface area (Å²) in [6, 6.07) is 2.87. The lowest BCUT2D eigenvalue weighted by Gasteiger charge is -2.20. The molecule has 1 aliphatic rings. The molecule has 1 N–H and O–H groups in total. The van der Waals surface area contributed by atoms with Crippen molar-refractivity contribution in [3.05, 3.63) is 28.8 Å². The van der Waals surface area contributed by atoms with Gasteiger partial charge in [-0.15, -0.1) is 0 Å². The Hall–Kier alpha value is -1.40. The number of sulfone groups is 1. The van der Waals surface area contributed by atoms with E-state index in [0.717, 1.165) is 0 Å². The van der Waals surface area contributed by atoms with Crippen LogP contribution in [-0.4, -0.2) is 32.4 Å². The number of hydrogen-bond donors (Lipinski definition) is 1. The molecule has 1 heterocycles. The van der Waals surface area contributed by atoms with Gasteiger partial charge >= 0.3 is 5.97 Å². The number of hydrogen-bond acceptors (Lipinski definition) is 5. The fraction of sp³-hybridized carbons (Fsp3) is 0.462. The van der Waals surface area contributed by atoms with E-state index in [2.05, 4.69) is 4.74 Å². The zero-order valence-corrected chi connectivity index (χ0v) is 11.9. The summed E-state index contributed by atoms with van der Waals surface area (Å²) in [6.07, 6.45) is 0.302. The predicted molar refractivity (Wildman–Crippen MR) is 68.8 cm³/mol. The largest absolute Gasteiger partial charge is 0.465 e. The summed E-state index contributed by atoms with van der Waals surface area (Å²) in [7, 11) is -2.32. The lowest BCUT2D eigenvalue weighted by molar-refractivity contribution is 0.0571. The molecule has 0 saturated carbocycles. The Kier molecular flexibility index (Phi) is 3.18. The highest BCUT2D eigenvalue weighted by atomic mass is 32.2. The zero-order chi connectivity index (χ0) is 14.4. The van der Waals surface area contributed by atoms with Crippen LogP contribution in [0.4, 0.5) is 0 Å². The van der Waals surface area contributed by atoms with Gasteiger partial charge in [-0.25, -0.2) is 13.2 Å². The normalized spacial score (nSPS) is 24.0. The van der Waals surface area contributed by atoms with Gasteiger partial charge in [0.15, 0.2) is 9.84 Å². The summed E-state index contributed by atoms with van der Waals surface area (Å²) in [5, 5.41) is 10.4. The first kappa shape index (κ1) is 14.0. The maximum atomic E-state index is 12.1. The van der Waals surface area contributed by atoms with E-state index >= 15 is 0 Å². The molecule has 5 nitrogen and oxygen atoms in total. The van der Waals surface area contributed by atoms with E-state index in [9.17, 15) is 18.3 Å². The molecule has 0 spiro atoms. The second-order valence-electron chi connectivity index (χ2n) is 4.80. The van der Waals surface area contributed by atoms with Crippen LogP contribution in [0.5, 0.6) is 0 Å². The SMILES string of the molecule is CCC1(O)CS(=O)(=O)c2cc(C(=O)OC)c(C)cc21. The molecule has 2 rings (SSSR count). The fourth-order valence-electron chi connectivity index (χ4n) is 2.40. The molecule has 1 atom stereocenters. The van der Waals surface area contributed by atoms with Crippen molar-refractivity contribution in [2.24, 2.45) is 0 Å². The third-order valence-corrected chi connectivity index (χ3v) is 5.45. The minimum Gasteiger partial charge on any atom is -0.465 e. The van der Waals surface area contributed by atoms with E-state index in [-0.39, 0.29) is 16.2 Å². The lowest BCUT2D eigenvalue weighted by atomic mass is 9.91. The van der Waals surface area contributed by atoms with E-state index in [0.29, 0.717) is 17.5 Å². The van der Waals surface area contributed by atoms with Crippen LogP contribution in [0.3, 0.4) is 0 Å². The van der Waals surface area contributed by atoms with Crippen LogP contribution in [0.1, 0.15) is 34.8 Å². The van der Waals surface area contributed by atoms with Crippen molar-refractivity contribution in [3.8, 4) is 0 Å². The molecule has 0 amide bonds. The number of esters is 1. The van der Waals surface area contributed by atoms with Crippen LogP contribution in [0.25, 0.3) is 0 Å². The van der Waals surface area contributed by atoms with Crippen molar-refractivity contribution in [2.45, 2.75) is 30.8 Å². The first-order valence-corrected chi connectivity index (χ1v) is 7.59. The summed E-state index contributed by atoms with van der Waals surface area (Å²) in [5.74, 6) is -0.918. The maximum Gasteiger partial charge on any atom is 0.338 e. The average Bonchev–Trinajstić information content (AvgIpc) is 2.55. The van der Waals surface area contributed by atoms with Crippen molar-refractivity contribution in [1.29, 1.82) is 0 Å². The van der Waals surface area contributed by atoms with E-state index in [1.54, 1.807) is 19.9 Å². The molecular formula is C13H16O5S. The Balaban J connectivity index is 2.74. The summed E-state index contributed by atoms with van der Waals surface area (Å²) in [6.45, 7) is 3.42. The number of ether oxygens (including phenoxy) is 1. The molecule has 104 valence electrons. The highest BCUT2D eigenvalue weighted by Crippen LogP contribution is 2.41. The summed E-state index contributed by atoms with van der Waals surface area (Å²) < 4.78 is 28.8. The number of carbonyl (C=O) groups is 1. The van der Waals surface area contributed by atoms with Gasteiger partial charge in [-0.2, -0.15) is 0 Å². The molecule has 0 aliphatic carbocycles. The zero-order valence-electron chi connectivity index (χ0n) is 11.1. The van der Waals surface area contributed by atoms with E-state index in [1.807, 2.05) is 0 Å². The third kappa shape index (κ3) is 2.04. The van der Waals surface area contributed by atoms with Gasteiger partial charge in [-0.1, -0.05) is 13.0 Å². The number of aliphatic hydroxyl groups is 1. The Morgan fingerprint density at radius 1 is 1.47 bits per heavy atom. The second kappa shape index (κ2) is 4.31. The Labute approximate surface area is 112 Å². The molecule has 1 unspecified atom stereocenters. The monoisotopic (exact) mass is 284 g/mol. The van der Waals surface area contributed by atoms with Gasteiger partial charge in [0.05, 0.1) is 23.3 Å². The Bertz CT molecular complexity index is 647. The first-order chi connectivity index (χ1) is 8.75.